The number of rotatable bonds is 6. The number of carbonyl (C=O) groups is 1. The minimum Gasteiger partial charge on any atom is -0.381 e. The van der Waals surface area contributed by atoms with E-state index in [0.29, 0.717) is 19.8 Å². The lowest BCUT2D eigenvalue weighted by Gasteiger charge is -2.38. The molecular formula is C23H26F3NO2. The Hall–Kier alpha value is -2.34. The summed E-state index contributed by atoms with van der Waals surface area (Å²) < 4.78 is 43.6. The largest absolute Gasteiger partial charge is 0.416 e. The Morgan fingerprint density at radius 2 is 1.69 bits per heavy atom. The monoisotopic (exact) mass is 405 g/mol. The lowest BCUT2D eigenvalue weighted by Crippen LogP contribution is -2.44. The van der Waals surface area contributed by atoms with Crippen LogP contribution in [0.2, 0.25) is 0 Å². The molecule has 1 N–H and O–H groups in total. The third-order valence-corrected chi connectivity index (χ3v) is 5.76. The Morgan fingerprint density at radius 1 is 1.07 bits per heavy atom. The number of nitrogens with one attached hydrogen (secondary N) is 1. The SMILES string of the molecule is CC(CC(=O)NCC1(c2ccccc2)CCOCC1)c1ccc(C(F)(F)F)cc1. The number of halogens is 3. The summed E-state index contributed by atoms with van der Waals surface area (Å²) in [6, 6.07) is 15.2. The van der Waals surface area contributed by atoms with Crippen molar-refractivity contribution in [3.63, 3.8) is 0 Å². The highest BCUT2D eigenvalue weighted by Crippen LogP contribution is 2.34. The second-order valence-electron chi connectivity index (χ2n) is 7.76. The maximum absolute atomic E-state index is 12.7. The van der Waals surface area contributed by atoms with Crippen molar-refractivity contribution in [1.29, 1.82) is 0 Å². The molecular weight excluding hydrogens is 379 g/mol. The Bertz CT molecular complexity index is 797. The van der Waals surface area contributed by atoms with Gasteiger partial charge in [-0.1, -0.05) is 49.4 Å². The van der Waals surface area contributed by atoms with Crippen LogP contribution in [0.15, 0.2) is 54.6 Å². The molecule has 0 spiro atoms. The van der Waals surface area contributed by atoms with Crippen LogP contribution >= 0.6 is 0 Å². The molecule has 0 radical (unpaired) electrons. The van der Waals surface area contributed by atoms with E-state index < -0.39 is 11.7 Å². The van der Waals surface area contributed by atoms with Crippen LogP contribution in [0.3, 0.4) is 0 Å². The molecule has 1 fully saturated rings. The van der Waals surface area contributed by atoms with Crippen LogP contribution in [0.25, 0.3) is 0 Å². The first-order chi connectivity index (χ1) is 13.8. The first kappa shape index (κ1) is 21.4. The van der Waals surface area contributed by atoms with Crippen LogP contribution < -0.4 is 5.32 Å². The smallest absolute Gasteiger partial charge is 0.381 e. The number of amides is 1. The maximum atomic E-state index is 12.7. The van der Waals surface area contributed by atoms with E-state index in [4.69, 9.17) is 4.74 Å². The molecule has 0 bridgehead atoms. The molecule has 3 nitrogen and oxygen atoms in total. The van der Waals surface area contributed by atoms with Gasteiger partial charge in [0.25, 0.3) is 0 Å². The van der Waals surface area contributed by atoms with Crippen LogP contribution in [0, 0.1) is 0 Å². The van der Waals surface area contributed by atoms with Gasteiger partial charge in [-0.15, -0.1) is 0 Å². The minimum absolute atomic E-state index is 0.0980. The van der Waals surface area contributed by atoms with Gasteiger partial charge in [-0.2, -0.15) is 13.2 Å². The van der Waals surface area contributed by atoms with E-state index in [1.807, 2.05) is 25.1 Å². The molecule has 0 saturated carbocycles. The predicted molar refractivity (Wildman–Crippen MR) is 106 cm³/mol. The van der Waals surface area contributed by atoms with Crippen LogP contribution in [-0.4, -0.2) is 25.7 Å². The van der Waals surface area contributed by atoms with Crippen LogP contribution in [0.5, 0.6) is 0 Å². The summed E-state index contributed by atoms with van der Waals surface area (Å²) in [6.07, 6.45) is -2.45. The van der Waals surface area contributed by atoms with Crippen LogP contribution in [0.4, 0.5) is 13.2 Å². The Morgan fingerprint density at radius 3 is 2.28 bits per heavy atom. The molecule has 0 aromatic heterocycles. The molecule has 1 aliphatic heterocycles. The topological polar surface area (TPSA) is 38.3 Å². The van der Waals surface area contributed by atoms with Gasteiger partial charge >= 0.3 is 6.18 Å². The first-order valence-corrected chi connectivity index (χ1v) is 9.87. The maximum Gasteiger partial charge on any atom is 0.416 e. The van der Waals surface area contributed by atoms with Crippen LogP contribution in [-0.2, 0) is 21.1 Å². The molecule has 1 atom stereocenters. The molecule has 1 unspecified atom stereocenters. The fourth-order valence-electron chi connectivity index (χ4n) is 3.86. The van der Waals surface area contributed by atoms with Crippen molar-refractivity contribution in [2.45, 2.75) is 43.7 Å². The zero-order valence-corrected chi connectivity index (χ0v) is 16.5. The average molecular weight is 405 g/mol. The van der Waals surface area contributed by atoms with Gasteiger partial charge in [-0.3, -0.25) is 4.79 Å². The summed E-state index contributed by atoms with van der Waals surface area (Å²) in [5.41, 5.74) is 1.09. The summed E-state index contributed by atoms with van der Waals surface area (Å²) in [5.74, 6) is -0.265. The van der Waals surface area contributed by atoms with Crippen molar-refractivity contribution >= 4 is 5.91 Å². The van der Waals surface area contributed by atoms with Gasteiger partial charge in [0.1, 0.15) is 0 Å². The van der Waals surface area contributed by atoms with Crippen molar-refractivity contribution in [2.24, 2.45) is 0 Å². The number of hydrogen-bond acceptors (Lipinski definition) is 2. The molecule has 156 valence electrons. The minimum atomic E-state index is -4.35. The summed E-state index contributed by atoms with van der Waals surface area (Å²) in [5, 5.41) is 3.05. The second-order valence-corrected chi connectivity index (χ2v) is 7.76. The molecule has 1 amide bonds. The number of benzene rings is 2. The van der Waals surface area contributed by atoms with Crippen molar-refractivity contribution in [2.75, 3.05) is 19.8 Å². The zero-order valence-electron chi connectivity index (χ0n) is 16.5. The van der Waals surface area contributed by atoms with Crippen LogP contribution in [0.1, 0.15) is 48.8 Å². The van der Waals surface area contributed by atoms with E-state index in [-0.39, 0.29) is 23.7 Å². The highest BCUT2D eigenvalue weighted by atomic mass is 19.4. The molecule has 6 heteroatoms. The molecule has 2 aromatic carbocycles. The number of hydrogen-bond donors (Lipinski definition) is 1. The van der Waals surface area contributed by atoms with E-state index in [2.05, 4.69) is 17.4 Å². The molecule has 3 rings (SSSR count). The van der Waals surface area contributed by atoms with Crippen molar-refractivity contribution in [3.05, 3.63) is 71.3 Å². The summed E-state index contributed by atoms with van der Waals surface area (Å²) >= 11 is 0. The number of alkyl halides is 3. The van der Waals surface area contributed by atoms with E-state index >= 15 is 0 Å². The fraction of sp³-hybridized carbons (Fsp3) is 0.435. The molecule has 1 aliphatic rings. The van der Waals surface area contributed by atoms with Crippen molar-refractivity contribution in [3.8, 4) is 0 Å². The average Bonchev–Trinajstić information content (AvgIpc) is 2.73. The first-order valence-electron chi connectivity index (χ1n) is 9.87. The van der Waals surface area contributed by atoms with Crippen molar-refractivity contribution in [1.82, 2.24) is 5.32 Å². The van der Waals surface area contributed by atoms with Gasteiger partial charge in [0.2, 0.25) is 5.91 Å². The van der Waals surface area contributed by atoms with Gasteiger partial charge in [0.15, 0.2) is 0 Å². The van der Waals surface area contributed by atoms with Gasteiger partial charge in [0.05, 0.1) is 5.56 Å². The van der Waals surface area contributed by atoms with Gasteiger partial charge in [-0.25, -0.2) is 0 Å². The van der Waals surface area contributed by atoms with Gasteiger partial charge in [-0.05, 0) is 42.0 Å². The van der Waals surface area contributed by atoms with E-state index in [1.54, 1.807) is 0 Å². The summed E-state index contributed by atoms with van der Waals surface area (Å²) in [6.45, 7) is 3.70. The lowest BCUT2D eigenvalue weighted by molar-refractivity contribution is -0.137. The predicted octanol–water partition coefficient (Wildman–Crippen LogP) is 5.06. The molecule has 0 aliphatic carbocycles. The third-order valence-electron chi connectivity index (χ3n) is 5.76. The summed E-state index contributed by atoms with van der Waals surface area (Å²) in [7, 11) is 0. The number of ether oxygens (including phenoxy) is 1. The second kappa shape index (κ2) is 8.99. The Kier molecular flexibility index (Phi) is 6.63. The summed E-state index contributed by atoms with van der Waals surface area (Å²) in [4.78, 5) is 12.5. The molecule has 1 heterocycles. The quantitative estimate of drug-likeness (QED) is 0.729. The van der Waals surface area contributed by atoms with E-state index in [9.17, 15) is 18.0 Å². The van der Waals surface area contributed by atoms with E-state index in [0.717, 1.165) is 30.5 Å². The third kappa shape index (κ3) is 5.38. The van der Waals surface area contributed by atoms with Gasteiger partial charge < -0.3 is 10.1 Å². The molecule has 1 saturated heterocycles. The Labute approximate surface area is 169 Å². The molecule has 2 aromatic rings. The van der Waals surface area contributed by atoms with Gasteiger partial charge in [0, 0.05) is 31.6 Å². The normalized spacial score (nSPS) is 17.5. The molecule has 29 heavy (non-hydrogen) atoms. The Balaban J connectivity index is 1.61. The van der Waals surface area contributed by atoms with Crippen molar-refractivity contribution < 1.29 is 22.7 Å². The lowest BCUT2D eigenvalue weighted by atomic mass is 9.74. The van der Waals surface area contributed by atoms with E-state index in [1.165, 1.54) is 17.7 Å². The standard InChI is InChI=1S/C23H26F3NO2/c1-17(18-7-9-20(10-8-18)23(24,25)26)15-21(28)27-16-22(11-13-29-14-12-22)19-5-3-2-4-6-19/h2-10,17H,11-16H2,1H3,(H,27,28). The zero-order chi connectivity index (χ0) is 20.9. The highest BCUT2D eigenvalue weighted by molar-refractivity contribution is 5.77. The number of carbonyl (C=O) groups excluding carboxylic acids is 1. The fourth-order valence-corrected chi connectivity index (χ4v) is 3.86. The highest BCUT2D eigenvalue weighted by Gasteiger charge is 2.35.